The average molecular weight is 174 g/mol. The van der Waals surface area contributed by atoms with E-state index in [9.17, 15) is 0 Å². The number of hydrogen-bond acceptors (Lipinski definition) is 2. The first-order valence-corrected chi connectivity index (χ1v) is 5.04. The lowest BCUT2D eigenvalue weighted by Crippen LogP contribution is -2.13. The fraction of sp³-hybridized carbons (Fsp3) is 1.00. The summed E-state index contributed by atoms with van der Waals surface area (Å²) in [5, 5.41) is 0. The summed E-state index contributed by atoms with van der Waals surface area (Å²) in [7, 11) is 0. The van der Waals surface area contributed by atoms with Gasteiger partial charge in [0, 0.05) is 13.2 Å². The molecular weight excluding hydrogens is 152 g/mol. The maximum absolute atomic E-state index is 5.33. The normalized spacial score (nSPS) is 21.8. The number of hydrogen-bond donors (Lipinski definition) is 0. The van der Waals surface area contributed by atoms with Crippen LogP contribution in [0.5, 0.6) is 0 Å². The van der Waals surface area contributed by atoms with Crippen molar-refractivity contribution in [1.82, 2.24) is 0 Å². The highest BCUT2D eigenvalue weighted by Gasteiger charge is 2.14. The predicted octanol–water partition coefficient (Wildman–Crippen LogP) is 2.62. The van der Waals surface area contributed by atoms with E-state index in [1.54, 1.807) is 0 Å². The molecule has 0 aromatic heterocycles. The van der Waals surface area contributed by atoms with Crippen molar-refractivity contribution in [3.63, 3.8) is 0 Å². The third-order valence-electron chi connectivity index (χ3n) is 1.53. The molecule has 74 valence electrons. The molecule has 1 aliphatic heterocycles. The second kappa shape index (κ2) is 9.01. The Morgan fingerprint density at radius 2 is 2.00 bits per heavy atom. The van der Waals surface area contributed by atoms with E-state index < -0.39 is 0 Å². The molecule has 0 radical (unpaired) electrons. The lowest BCUT2D eigenvalue weighted by Gasteiger charge is -2.07. The van der Waals surface area contributed by atoms with E-state index in [4.69, 9.17) is 9.47 Å². The van der Waals surface area contributed by atoms with E-state index in [1.807, 2.05) is 6.92 Å². The second-order valence-electron chi connectivity index (χ2n) is 3.00. The zero-order valence-electron chi connectivity index (χ0n) is 8.64. The molecule has 0 saturated carbocycles. The monoisotopic (exact) mass is 174 g/mol. The summed E-state index contributed by atoms with van der Waals surface area (Å²) in [6.45, 7) is 8.78. The van der Waals surface area contributed by atoms with Crippen LogP contribution >= 0.6 is 0 Å². The molecule has 12 heavy (non-hydrogen) atoms. The van der Waals surface area contributed by atoms with Crippen LogP contribution in [-0.4, -0.2) is 25.9 Å². The zero-order valence-corrected chi connectivity index (χ0v) is 8.64. The Kier molecular flexibility index (Phi) is 8.95. The van der Waals surface area contributed by atoms with Crippen molar-refractivity contribution in [1.29, 1.82) is 0 Å². The van der Waals surface area contributed by atoms with Crippen LogP contribution in [0.2, 0.25) is 0 Å². The van der Waals surface area contributed by atoms with Gasteiger partial charge in [-0.3, -0.25) is 0 Å². The van der Waals surface area contributed by atoms with Gasteiger partial charge in [0.15, 0.2) is 0 Å². The summed E-state index contributed by atoms with van der Waals surface area (Å²) in [6, 6.07) is 0. The van der Waals surface area contributed by atoms with Crippen LogP contribution in [-0.2, 0) is 9.47 Å². The zero-order chi connectivity index (χ0) is 9.23. The average Bonchev–Trinajstić information content (AvgIpc) is 2.54. The highest BCUT2D eigenvalue weighted by molar-refractivity contribution is 4.62. The van der Waals surface area contributed by atoms with Gasteiger partial charge in [0.1, 0.15) is 0 Å². The summed E-state index contributed by atoms with van der Waals surface area (Å²) < 4.78 is 10.5. The number of ether oxygens (including phenoxy) is 2. The van der Waals surface area contributed by atoms with Gasteiger partial charge in [-0.25, -0.2) is 0 Å². The summed E-state index contributed by atoms with van der Waals surface area (Å²) in [5.74, 6) is 0. The molecule has 1 fully saturated rings. The summed E-state index contributed by atoms with van der Waals surface area (Å²) in [5.41, 5.74) is 0. The summed E-state index contributed by atoms with van der Waals surface area (Å²) in [4.78, 5) is 0. The fourth-order valence-corrected chi connectivity index (χ4v) is 1.03. The number of rotatable bonds is 3. The Balaban J connectivity index is 0.000000354. The van der Waals surface area contributed by atoms with Gasteiger partial charge in [-0.1, -0.05) is 20.3 Å². The molecule has 1 rings (SSSR count). The lowest BCUT2D eigenvalue weighted by molar-refractivity contribution is 0.0217. The molecule has 0 aromatic carbocycles. The van der Waals surface area contributed by atoms with Gasteiger partial charge in [-0.05, 0) is 19.8 Å². The third-order valence-corrected chi connectivity index (χ3v) is 1.53. The Morgan fingerprint density at radius 1 is 1.33 bits per heavy atom. The smallest absolute Gasteiger partial charge is 0.0809 e. The maximum Gasteiger partial charge on any atom is 0.0809 e. The van der Waals surface area contributed by atoms with E-state index in [2.05, 4.69) is 13.8 Å². The van der Waals surface area contributed by atoms with E-state index in [1.165, 1.54) is 19.3 Å². The molecular formula is C10H22O2. The molecule has 1 aliphatic rings. The van der Waals surface area contributed by atoms with Gasteiger partial charge in [0.25, 0.3) is 0 Å². The highest BCUT2D eigenvalue weighted by Crippen LogP contribution is 2.11. The van der Waals surface area contributed by atoms with Gasteiger partial charge in [0.2, 0.25) is 0 Å². The molecule has 1 atom stereocenters. The van der Waals surface area contributed by atoms with E-state index in [0.29, 0.717) is 6.10 Å². The van der Waals surface area contributed by atoms with Crippen molar-refractivity contribution in [2.45, 2.75) is 46.1 Å². The van der Waals surface area contributed by atoms with Crippen molar-refractivity contribution in [3.8, 4) is 0 Å². The first-order valence-electron chi connectivity index (χ1n) is 5.04. The van der Waals surface area contributed by atoms with Crippen molar-refractivity contribution in [2.24, 2.45) is 0 Å². The highest BCUT2D eigenvalue weighted by atomic mass is 16.5. The van der Waals surface area contributed by atoms with Crippen LogP contribution in [0, 0.1) is 0 Å². The van der Waals surface area contributed by atoms with Gasteiger partial charge >= 0.3 is 0 Å². The van der Waals surface area contributed by atoms with Gasteiger partial charge < -0.3 is 9.47 Å². The quantitative estimate of drug-likeness (QED) is 0.655. The van der Waals surface area contributed by atoms with E-state index in [0.717, 1.165) is 19.8 Å². The molecule has 0 aromatic rings. The lowest BCUT2D eigenvalue weighted by atomic mass is 10.2. The Labute approximate surface area is 76.3 Å². The predicted molar refractivity (Wildman–Crippen MR) is 51.4 cm³/mol. The minimum Gasteiger partial charge on any atom is -0.379 e. The van der Waals surface area contributed by atoms with Crippen molar-refractivity contribution in [3.05, 3.63) is 0 Å². The van der Waals surface area contributed by atoms with E-state index >= 15 is 0 Å². The maximum atomic E-state index is 5.33. The molecule has 1 unspecified atom stereocenters. The fourth-order valence-electron chi connectivity index (χ4n) is 1.03. The largest absolute Gasteiger partial charge is 0.379 e. The molecule has 1 heterocycles. The molecule has 2 heteroatoms. The Morgan fingerprint density at radius 3 is 2.42 bits per heavy atom. The van der Waals surface area contributed by atoms with Crippen LogP contribution in [0.15, 0.2) is 0 Å². The SMILES string of the molecule is CCC.CCOCC1CCCO1. The minimum absolute atomic E-state index is 0.393. The molecule has 0 bridgehead atoms. The van der Waals surface area contributed by atoms with Gasteiger partial charge in [-0.15, -0.1) is 0 Å². The van der Waals surface area contributed by atoms with Crippen LogP contribution < -0.4 is 0 Å². The Hall–Kier alpha value is -0.0800. The Bertz CT molecular complexity index is 77.9. The van der Waals surface area contributed by atoms with Crippen LogP contribution in [0.25, 0.3) is 0 Å². The third kappa shape index (κ3) is 6.62. The minimum atomic E-state index is 0.393. The molecule has 0 spiro atoms. The standard InChI is InChI=1S/C7H14O2.C3H8/c1-2-8-6-7-4-3-5-9-7;1-3-2/h7H,2-6H2,1H3;3H2,1-2H3. The van der Waals surface area contributed by atoms with Crippen molar-refractivity contribution >= 4 is 0 Å². The molecule has 0 amide bonds. The van der Waals surface area contributed by atoms with Crippen LogP contribution in [0.3, 0.4) is 0 Å². The van der Waals surface area contributed by atoms with Crippen LogP contribution in [0.4, 0.5) is 0 Å². The molecule has 1 saturated heterocycles. The topological polar surface area (TPSA) is 18.5 Å². The summed E-state index contributed by atoms with van der Waals surface area (Å²) >= 11 is 0. The first kappa shape index (κ1) is 11.9. The summed E-state index contributed by atoms with van der Waals surface area (Å²) in [6.07, 6.45) is 4.03. The molecule has 0 N–H and O–H groups in total. The molecule has 2 nitrogen and oxygen atoms in total. The van der Waals surface area contributed by atoms with Crippen molar-refractivity contribution < 1.29 is 9.47 Å². The molecule has 0 aliphatic carbocycles. The van der Waals surface area contributed by atoms with Crippen molar-refractivity contribution in [2.75, 3.05) is 19.8 Å². The van der Waals surface area contributed by atoms with Crippen LogP contribution in [0.1, 0.15) is 40.0 Å². The first-order chi connectivity index (χ1) is 5.85. The van der Waals surface area contributed by atoms with Gasteiger partial charge in [0.05, 0.1) is 12.7 Å². The van der Waals surface area contributed by atoms with E-state index in [-0.39, 0.29) is 0 Å². The second-order valence-corrected chi connectivity index (χ2v) is 3.00. The van der Waals surface area contributed by atoms with Gasteiger partial charge in [-0.2, -0.15) is 0 Å².